The van der Waals surface area contributed by atoms with Crippen molar-refractivity contribution in [2.24, 2.45) is 0 Å². The molecule has 2 aromatic rings. The monoisotopic (exact) mass is 328 g/mol. The zero-order valence-electron chi connectivity index (χ0n) is 9.50. The van der Waals surface area contributed by atoms with Crippen molar-refractivity contribution in [3.05, 3.63) is 64.4 Å². The fourth-order valence-electron chi connectivity index (χ4n) is 1.56. The van der Waals surface area contributed by atoms with Gasteiger partial charge in [-0.3, -0.25) is 0 Å². The molecule has 0 atom stereocenters. The molecule has 0 saturated heterocycles. The van der Waals surface area contributed by atoms with Crippen LogP contribution >= 0.6 is 27.5 Å². The number of ether oxygens (including phenoxy) is 1. The summed E-state index contributed by atoms with van der Waals surface area (Å²) in [5, 5.41) is 1.29. The molecule has 2 rings (SSSR count). The lowest BCUT2D eigenvalue weighted by Gasteiger charge is -2.10. The summed E-state index contributed by atoms with van der Waals surface area (Å²) < 4.78 is 19.0. The molecule has 0 heterocycles. The van der Waals surface area contributed by atoms with Crippen LogP contribution in [0.3, 0.4) is 0 Å². The van der Waals surface area contributed by atoms with Crippen LogP contribution in [0.2, 0.25) is 5.02 Å². The van der Waals surface area contributed by atoms with Gasteiger partial charge in [-0.1, -0.05) is 45.7 Å². The number of alkyl halides is 1. The maximum atomic E-state index is 13.4. The maximum absolute atomic E-state index is 13.4. The van der Waals surface area contributed by atoms with Gasteiger partial charge in [0.15, 0.2) is 0 Å². The van der Waals surface area contributed by atoms with Gasteiger partial charge >= 0.3 is 0 Å². The van der Waals surface area contributed by atoms with Crippen molar-refractivity contribution in [2.75, 3.05) is 0 Å². The van der Waals surface area contributed by atoms with Crippen LogP contribution in [-0.4, -0.2) is 0 Å². The van der Waals surface area contributed by atoms with E-state index < -0.39 is 0 Å². The lowest BCUT2D eigenvalue weighted by atomic mass is 10.2. The first kappa shape index (κ1) is 13.4. The van der Waals surface area contributed by atoms with Crippen LogP contribution in [0, 0.1) is 5.82 Å². The van der Waals surface area contributed by atoms with E-state index in [1.54, 1.807) is 30.3 Å². The minimum atomic E-state index is -0.258. The van der Waals surface area contributed by atoms with Crippen LogP contribution in [0.15, 0.2) is 42.5 Å². The van der Waals surface area contributed by atoms with Gasteiger partial charge in [-0.2, -0.15) is 0 Å². The molecule has 0 spiro atoms. The normalized spacial score (nSPS) is 10.4. The summed E-state index contributed by atoms with van der Waals surface area (Å²) in [5.41, 5.74) is 1.48. The zero-order chi connectivity index (χ0) is 13.0. The van der Waals surface area contributed by atoms with Crippen molar-refractivity contribution in [1.82, 2.24) is 0 Å². The van der Waals surface area contributed by atoms with Gasteiger partial charge in [-0.25, -0.2) is 4.39 Å². The molecule has 0 amide bonds. The van der Waals surface area contributed by atoms with E-state index in [1.807, 2.05) is 6.07 Å². The van der Waals surface area contributed by atoms with E-state index in [0.717, 1.165) is 5.56 Å². The second-order valence-corrected chi connectivity index (χ2v) is 4.76. The van der Waals surface area contributed by atoms with E-state index in [2.05, 4.69) is 15.9 Å². The van der Waals surface area contributed by atoms with Gasteiger partial charge in [0.05, 0.1) is 0 Å². The summed E-state index contributed by atoms with van der Waals surface area (Å²) in [5.74, 6) is 0.450. The Balaban J connectivity index is 2.13. The molecular formula is C14H11BrClFO. The summed E-state index contributed by atoms with van der Waals surface area (Å²) in [6.07, 6.45) is 0. The molecule has 4 heteroatoms. The lowest BCUT2D eigenvalue weighted by molar-refractivity contribution is 0.297. The second-order valence-electron chi connectivity index (χ2n) is 3.77. The predicted molar refractivity (Wildman–Crippen MR) is 74.8 cm³/mol. The number of benzene rings is 2. The molecule has 18 heavy (non-hydrogen) atoms. The highest BCUT2D eigenvalue weighted by Crippen LogP contribution is 2.26. The average Bonchev–Trinajstić information content (AvgIpc) is 2.39. The average molecular weight is 330 g/mol. The first-order valence-corrected chi connectivity index (χ1v) is 6.91. The predicted octanol–water partition coefficient (Wildman–Crippen LogP) is 4.95. The van der Waals surface area contributed by atoms with Crippen LogP contribution in [0.25, 0.3) is 0 Å². The molecule has 0 aliphatic heterocycles. The van der Waals surface area contributed by atoms with E-state index in [-0.39, 0.29) is 12.4 Å². The quantitative estimate of drug-likeness (QED) is 0.721. The number of hydrogen-bond acceptors (Lipinski definition) is 1. The molecule has 0 fully saturated rings. The van der Waals surface area contributed by atoms with Gasteiger partial charge in [0.25, 0.3) is 0 Å². The molecule has 0 N–H and O–H groups in total. The topological polar surface area (TPSA) is 9.23 Å². The van der Waals surface area contributed by atoms with E-state index in [4.69, 9.17) is 16.3 Å². The van der Waals surface area contributed by atoms with Gasteiger partial charge in [0, 0.05) is 21.5 Å². The minimum Gasteiger partial charge on any atom is -0.488 e. The summed E-state index contributed by atoms with van der Waals surface area (Å²) in [6.45, 7) is 0.203. The third-order valence-corrected chi connectivity index (χ3v) is 3.35. The van der Waals surface area contributed by atoms with E-state index in [0.29, 0.717) is 21.7 Å². The molecule has 0 aliphatic carbocycles. The first-order chi connectivity index (χ1) is 8.70. The Morgan fingerprint density at radius 3 is 2.61 bits per heavy atom. The third kappa shape index (κ3) is 3.24. The maximum Gasteiger partial charge on any atom is 0.129 e. The van der Waals surface area contributed by atoms with Crippen molar-refractivity contribution < 1.29 is 9.13 Å². The molecule has 0 radical (unpaired) electrons. The Morgan fingerprint density at radius 1 is 1.11 bits per heavy atom. The number of halogens is 3. The van der Waals surface area contributed by atoms with Crippen LogP contribution in [0.4, 0.5) is 4.39 Å². The lowest BCUT2D eigenvalue weighted by Crippen LogP contribution is -2.00. The molecule has 0 aliphatic rings. The van der Waals surface area contributed by atoms with Gasteiger partial charge in [0.2, 0.25) is 0 Å². The van der Waals surface area contributed by atoms with Crippen LogP contribution in [0.1, 0.15) is 11.1 Å². The van der Waals surface area contributed by atoms with Crippen molar-refractivity contribution in [2.45, 2.75) is 11.9 Å². The van der Waals surface area contributed by atoms with Crippen LogP contribution in [0.5, 0.6) is 5.75 Å². The Hall–Kier alpha value is -1.06. The van der Waals surface area contributed by atoms with E-state index in [9.17, 15) is 4.39 Å². The molecular weight excluding hydrogens is 319 g/mol. The molecule has 94 valence electrons. The van der Waals surface area contributed by atoms with Gasteiger partial charge in [-0.15, -0.1) is 0 Å². The van der Waals surface area contributed by atoms with Gasteiger partial charge in [-0.05, 0) is 24.3 Å². The summed E-state index contributed by atoms with van der Waals surface area (Å²) in [6, 6.07) is 11.9. The van der Waals surface area contributed by atoms with Crippen molar-refractivity contribution in [1.29, 1.82) is 0 Å². The van der Waals surface area contributed by atoms with E-state index in [1.165, 1.54) is 6.07 Å². The molecule has 1 nitrogen and oxygen atoms in total. The summed E-state index contributed by atoms with van der Waals surface area (Å²) in [4.78, 5) is 0. The molecule has 0 aromatic heterocycles. The number of rotatable bonds is 4. The van der Waals surface area contributed by atoms with Crippen molar-refractivity contribution >= 4 is 27.5 Å². The second kappa shape index (κ2) is 6.21. The van der Waals surface area contributed by atoms with Crippen molar-refractivity contribution in [3.63, 3.8) is 0 Å². The molecule has 0 unspecified atom stereocenters. The fourth-order valence-corrected chi connectivity index (χ4v) is 2.20. The van der Waals surface area contributed by atoms with Crippen molar-refractivity contribution in [3.8, 4) is 5.75 Å². The largest absolute Gasteiger partial charge is 0.488 e. The van der Waals surface area contributed by atoms with Crippen LogP contribution < -0.4 is 4.74 Å². The highest BCUT2D eigenvalue weighted by Gasteiger charge is 2.06. The summed E-state index contributed by atoms with van der Waals surface area (Å²) in [7, 11) is 0. The first-order valence-electron chi connectivity index (χ1n) is 5.41. The van der Waals surface area contributed by atoms with Gasteiger partial charge < -0.3 is 4.74 Å². The summed E-state index contributed by atoms with van der Waals surface area (Å²) >= 11 is 9.27. The fraction of sp³-hybridized carbons (Fsp3) is 0.143. The number of hydrogen-bond donors (Lipinski definition) is 0. The highest BCUT2D eigenvalue weighted by atomic mass is 79.9. The Labute approximate surface area is 119 Å². The smallest absolute Gasteiger partial charge is 0.129 e. The Kier molecular flexibility index (Phi) is 4.61. The minimum absolute atomic E-state index is 0.203. The van der Waals surface area contributed by atoms with E-state index >= 15 is 0 Å². The van der Waals surface area contributed by atoms with Crippen LogP contribution in [-0.2, 0) is 11.9 Å². The molecule has 0 bridgehead atoms. The standard InChI is InChI=1S/C14H11BrClFO/c15-8-11-7-12(16)5-6-14(11)18-9-10-3-1-2-4-13(10)17/h1-7H,8-9H2. The Bertz CT molecular complexity index is 545. The SMILES string of the molecule is Fc1ccccc1COc1ccc(Cl)cc1CBr. The highest BCUT2D eigenvalue weighted by molar-refractivity contribution is 9.08. The Morgan fingerprint density at radius 2 is 1.89 bits per heavy atom. The third-order valence-electron chi connectivity index (χ3n) is 2.51. The van der Waals surface area contributed by atoms with Gasteiger partial charge in [0.1, 0.15) is 18.2 Å². The molecule has 0 saturated carbocycles. The zero-order valence-corrected chi connectivity index (χ0v) is 11.8. The molecule has 2 aromatic carbocycles.